The van der Waals surface area contributed by atoms with E-state index < -0.39 is 23.2 Å². The number of fused-ring (bicyclic) bond motifs is 1. The van der Waals surface area contributed by atoms with E-state index in [0.29, 0.717) is 0 Å². The van der Waals surface area contributed by atoms with Crippen molar-refractivity contribution >= 4 is 40.1 Å². The molecule has 0 amide bonds. The Kier molecular flexibility index (Phi) is 5.91. The number of halogens is 3. The predicted octanol–water partition coefficient (Wildman–Crippen LogP) is 3.19. The number of nitrogens with zero attached hydrogens (tertiary/aromatic N) is 6. The van der Waals surface area contributed by atoms with Crippen LogP contribution in [-0.4, -0.2) is 19.5 Å². The Balaban J connectivity index is 2.03. The highest BCUT2D eigenvalue weighted by molar-refractivity contribution is 6.35. The Hall–Kier alpha value is -4.81. The zero-order chi connectivity index (χ0) is 25.4. The number of nitrogens with two attached hydrogens (primary N) is 2. The lowest BCUT2D eigenvalue weighted by Gasteiger charge is -2.21. The summed E-state index contributed by atoms with van der Waals surface area (Å²) in [7, 11) is 0. The molecule has 2 heterocycles. The molecule has 4 rings (SSSR count). The molecule has 174 valence electrons. The van der Waals surface area contributed by atoms with Crippen molar-refractivity contribution in [2.24, 2.45) is 0 Å². The van der Waals surface area contributed by atoms with Crippen LogP contribution in [0.2, 0.25) is 5.02 Å². The van der Waals surface area contributed by atoms with Gasteiger partial charge in [0.25, 0.3) is 5.56 Å². The maximum absolute atomic E-state index is 14.7. The summed E-state index contributed by atoms with van der Waals surface area (Å²) < 4.78 is 30.0. The summed E-state index contributed by atoms with van der Waals surface area (Å²) in [4.78, 5) is 25.5. The van der Waals surface area contributed by atoms with Crippen LogP contribution in [0.1, 0.15) is 29.9 Å². The monoisotopic (exact) mass is 493 g/mol. The molecule has 0 saturated heterocycles. The first-order valence-electron chi connectivity index (χ1n) is 9.86. The second-order valence-corrected chi connectivity index (χ2v) is 7.75. The van der Waals surface area contributed by atoms with Gasteiger partial charge in [-0.25, -0.2) is 13.8 Å². The van der Waals surface area contributed by atoms with Crippen LogP contribution < -0.4 is 22.3 Å². The number of aromatic nitrogens is 4. The minimum absolute atomic E-state index is 0.0489. The third-order valence-corrected chi connectivity index (χ3v) is 5.34. The van der Waals surface area contributed by atoms with Crippen molar-refractivity contribution in [3.05, 3.63) is 74.3 Å². The van der Waals surface area contributed by atoms with Crippen molar-refractivity contribution < 1.29 is 8.78 Å². The number of nitrogen functional groups attached to an aromatic ring is 2. The van der Waals surface area contributed by atoms with E-state index in [-0.39, 0.29) is 56.1 Å². The second kappa shape index (κ2) is 8.85. The van der Waals surface area contributed by atoms with Gasteiger partial charge in [0, 0.05) is 0 Å². The molecule has 0 spiro atoms. The number of anilines is 3. The van der Waals surface area contributed by atoms with E-state index in [2.05, 4.69) is 20.3 Å². The van der Waals surface area contributed by atoms with E-state index in [9.17, 15) is 24.1 Å². The number of rotatable bonds is 4. The molecule has 1 unspecified atom stereocenters. The normalized spacial score (nSPS) is 11.6. The van der Waals surface area contributed by atoms with Gasteiger partial charge in [0.1, 0.15) is 40.4 Å². The number of nitrogens with one attached hydrogen (secondary N) is 1. The van der Waals surface area contributed by atoms with Crippen molar-refractivity contribution in [1.82, 2.24) is 19.5 Å². The first-order valence-corrected chi connectivity index (χ1v) is 10.2. The number of benzene rings is 2. The molecular weight excluding hydrogens is 480 g/mol. The zero-order valence-electron chi connectivity index (χ0n) is 17.8. The average molecular weight is 494 g/mol. The van der Waals surface area contributed by atoms with Gasteiger partial charge in [0.15, 0.2) is 5.82 Å². The van der Waals surface area contributed by atoms with Gasteiger partial charge in [-0.05, 0) is 37.3 Å². The summed E-state index contributed by atoms with van der Waals surface area (Å²) in [6, 6.07) is 8.25. The average Bonchev–Trinajstić information content (AvgIpc) is 2.80. The molecule has 5 N–H and O–H groups in total. The molecule has 10 nitrogen and oxygen atoms in total. The van der Waals surface area contributed by atoms with Crippen LogP contribution in [0.5, 0.6) is 0 Å². The van der Waals surface area contributed by atoms with Gasteiger partial charge in [-0.15, -0.1) is 0 Å². The quantitative estimate of drug-likeness (QED) is 0.385. The first-order chi connectivity index (χ1) is 16.6. The van der Waals surface area contributed by atoms with Gasteiger partial charge in [-0.1, -0.05) is 11.6 Å². The van der Waals surface area contributed by atoms with Crippen LogP contribution in [0.4, 0.5) is 26.4 Å². The highest BCUT2D eigenvalue weighted by atomic mass is 35.5. The lowest BCUT2D eigenvalue weighted by molar-refractivity contribution is 0.622. The fraction of sp³-hybridized carbons (Fsp3) is 0.0909. The topological polar surface area (TPSA) is 172 Å². The van der Waals surface area contributed by atoms with Gasteiger partial charge in [0.2, 0.25) is 5.95 Å². The fourth-order valence-electron chi connectivity index (χ4n) is 3.52. The molecule has 35 heavy (non-hydrogen) atoms. The van der Waals surface area contributed by atoms with Crippen molar-refractivity contribution in [3.63, 3.8) is 0 Å². The Morgan fingerprint density at radius 1 is 1.11 bits per heavy atom. The highest BCUT2D eigenvalue weighted by Gasteiger charge is 2.23. The summed E-state index contributed by atoms with van der Waals surface area (Å²) in [6.07, 6.45) is 0. The fourth-order valence-corrected chi connectivity index (χ4v) is 3.76. The second-order valence-electron chi connectivity index (χ2n) is 7.34. The SMILES string of the molecule is CC(Nc1nc(N)nc(N)c1C#N)c1nc2c(F)ccc(Cl)c2c(=O)n1-c1cc(F)cc(C#N)c1. The molecule has 13 heteroatoms. The van der Waals surface area contributed by atoms with Crippen LogP contribution in [-0.2, 0) is 0 Å². The molecule has 2 aromatic carbocycles. The standard InChI is InChI=1S/C22H14ClF2N9O/c1-9(30-19-13(8-27)18(28)32-22(29)33-19)20-31-17-15(25)3-2-14(23)16(17)21(35)34(20)12-5-10(7-26)4-11(24)6-12/h2-6,9H,1H3,(H5,28,29,30,32,33). The summed E-state index contributed by atoms with van der Waals surface area (Å²) >= 11 is 6.18. The van der Waals surface area contributed by atoms with E-state index in [4.69, 9.17) is 23.1 Å². The Bertz CT molecular complexity index is 1660. The van der Waals surface area contributed by atoms with E-state index in [1.165, 1.54) is 19.1 Å². The van der Waals surface area contributed by atoms with Crippen LogP contribution in [0.25, 0.3) is 16.6 Å². The molecule has 1 atom stereocenters. The van der Waals surface area contributed by atoms with Crippen LogP contribution in [0.15, 0.2) is 35.1 Å². The highest BCUT2D eigenvalue weighted by Crippen LogP contribution is 2.28. The van der Waals surface area contributed by atoms with Gasteiger partial charge < -0.3 is 16.8 Å². The summed E-state index contributed by atoms with van der Waals surface area (Å²) in [5.41, 5.74) is 10.0. The van der Waals surface area contributed by atoms with Crippen molar-refractivity contribution in [3.8, 4) is 17.8 Å². The molecule has 0 fully saturated rings. The molecule has 0 radical (unpaired) electrons. The van der Waals surface area contributed by atoms with Crippen LogP contribution in [0, 0.1) is 34.3 Å². The number of nitriles is 2. The minimum atomic E-state index is -0.944. The van der Waals surface area contributed by atoms with Crippen molar-refractivity contribution in [2.45, 2.75) is 13.0 Å². The van der Waals surface area contributed by atoms with Gasteiger partial charge in [-0.3, -0.25) is 9.36 Å². The molecular formula is C22H14ClF2N9O. The maximum Gasteiger partial charge on any atom is 0.267 e. The molecule has 0 saturated carbocycles. The van der Waals surface area contributed by atoms with E-state index >= 15 is 0 Å². The lowest BCUT2D eigenvalue weighted by atomic mass is 10.1. The molecule has 4 aromatic rings. The van der Waals surface area contributed by atoms with Gasteiger partial charge in [0.05, 0.1) is 33.8 Å². The molecule has 0 aliphatic rings. The molecule has 0 aliphatic carbocycles. The maximum atomic E-state index is 14.7. The molecule has 0 bridgehead atoms. The van der Waals surface area contributed by atoms with Crippen LogP contribution >= 0.6 is 11.6 Å². The Morgan fingerprint density at radius 3 is 2.54 bits per heavy atom. The smallest absolute Gasteiger partial charge is 0.267 e. The van der Waals surface area contributed by atoms with E-state index in [0.717, 1.165) is 22.8 Å². The zero-order valence-corrected chi connectivity index (χ0v) is 18.6. The Morgan fingerprint density at radius 2 is 1.86 bits per heavy atom. The van der Waals surface area contributed by atoms with Crippen molar-refractivity contribution in [2.75, 3.05) is 16.8 Å². The summed E-state index contributed by atoms with van der Waals surface area (Å²) in [5, 5.41) is 21.3. The third kappa shape index (κ3) is 4.14. The lowest BCUT2D eigenvalue weighted by Crippen LogP contribution is -2.28. The van der Waals surface area contributed by atoms with Gasteiger partial charge >= 0.3 is 0 Å². The molecule has 0 aliphatic heterocycles. The van der Waals surface area contributed by atoms with Gasteiger partial charge in [-0.2, -0.15) is 20.5 Å². The van der Waals surface area contributed by atoms with E-state index in [1.807, 2.05) is 12.1 Å². The predicted molar refractivity (Wildman–Crippen MR) is 125 cm³/mol. The first kappa shape index (κ1) is 23.4. The molecule has 2 aromatic heterocycles. The minimum Gasteiger partial charge on any atom is -0.382 e. The number of hydrogen-bond donors (Lipinski definition) is 3. The van der Waals surface area contributed by atoms with Crippen molar-refractivity contribution in [1.29, 1.82) is 10.5 Å². The van der Waals surface area contributed by atoms with Crippen LogP contribution in [0.3, 0.4) is 0 Å². The number of hydrogen-bond acceptors (Lipinski definition) is 9. The van der Waals surface area contributed by atoms with E-state index in [1.54, 1.807) is 0 Å². The third-order valence-electron chi connectivity index (χ3n) is 5.03. The Labute approximate surface area is 201 Å². The summed E-state index contributed by atoms with van der Waals surface area (Å²) in [5.74, 6) is -2.16. The summed E-state index contributed by atoms with van der Waals surface area (Å²) in [6.45, 7) is 1.53. The largest absolute Gasteiger partial charge is 0.382 e.